The van der Waals surface area contributed by atoms with Crippen molar-refractivity contribution in [3.8, 4) is 5.75 Å². The second kappa shape index (κ2) is 10.7. The second-order valence-corrected chi connectivity index (χ2v) is 10.1. The van der Waals surface area contributed by atoms with Crippen molar-refractivity contribution in [2.24, 2.45) is 5.92 Å². The van der Waals surface area contributed by atoms with Gasteiger partial charge in [0, 0.05) is 0 Å². The zero-order valence-corrected chi connectivity index (χ0v) is 20.1. The maximum Gasteiger partial charge on any atom is 0.244 e. The van der Waals surface area contributed by atoms with Gasteiger partial charge in [-0.2, -0.15) is 0 Å². The first-order chi connectivity index (χ1) is 14.6. The molecule has 0 aliphatic heterocycles. The topological polar surface area (TPSA) is 75.7 Å². The van der Waals surface area contributed by atoms with Crippen LogP contribution in [0.4, 0.5) is 5.69 Å². The molecule has 170 valence electrons. The Morgan fingerprint density at radius 1 is 1.03 bits per heavy atom. The minimum absolute atomic E-state index is 0.232. The summed E-state index contributed by atoms with van der Waals surface area (Å²) in [6.45, 7) is 7.83. The fraction of sp³-hybridized carbons (Fsp3) is 0.458. The Bertz CT molecular complexity index is 954. The van der Waals surface area contributed by atoms with E-state index in [4.69, 9.17) is 4.74 Å². The fourth-order valence-electron chi connectivity index (χ4n) is 3.57. The number of rotatable bonds is 10. The zero-order valence-electron chi connectivity index (χ0n) is 19.3. The van der Waals surface area contributed by atoms with Crippen LogP contribution >= 0.6 is 0 Å². The Hall–Kier alpha value is -2.54. The summed E-state index contributed by atoms with van der Waals surface area (Å²) in [7, 11) is -2.05. The van der Waals surface area contributed by atoms with Gasteiger partial charge in [-0.05, 0) is 61.1 Å². The molecule has 0 bridgehead atoms. The SMILES string of the molecule is CCc1ccc(N([C@H](C)C(=O)N[C@@H](CC(C)C)c2ccc(OC)cc2)S(C)(=O)=O)cc1. The fourth-order valence-corrected chi connectivity index (χ4v) is 4.74. The number of hydrogen-bond donors (Lipinski definition) is 1. The molecule has 6 nitrogen and oxygen atoms in total. The third kappa shape index (κ3) is 6.72. The summed E-state index contributed by atoms with van der Waals surface area (Å²) < 4.78 is 31.5. The van der Waals surface area contributed by atoms with Crippen LogP contribution in [-0.2, 0) is 21.2 Å². The number of nitrogens with zero attached hydrogens (tertiary/aromatic N) is 1. The second-order valence-electron chi connectivity index (χ2n) is 8.22. The van der Waals surface area contributed by atoms with Gasteiger partial charge in [0.2, 0.25) is 15.9 Å². The minimum Gasteiger partial charge on any atom is -0.497 e. The standard InChI is InChI=1S/C24H34N2O4S/c1-7-19-8-12-21(13-9-19)26(31(6,28)29)18(4)24(27)25-23(16-17(2)3)20-10-14-22(30-5)15-11-20/h8-15,17-18,23H,7,16H2,1-6H3,(H,25,27)/t18-,23+/m1/s1. The molecule has 2 aromatic rings. The van der Waals surface area contributed by atoms with Crippen LogP contribution < -0.4 is 14.4 Å². The van der Waals surface area contributed by atoms with Crippen LogP contribution in [0.3, 0.4) is 0 Å². The zero-order chi connectivity index (χ0) is 23.2. The molecular weight excluding hydrogens is 412 g/mol. The van der Waals surface area contributed by atoms with Crippen LogP contribution in [-0.4, -0.2) is 33.7 Å². The maximum atomic E-state index is 13.2. The highest BCUT2D eigenvalue weighted by Crippen LogP contribution is 2.26. The van der Waals surface area contributed by atoms with E-state index < -0.39 is 16.1 Å². The molecule has 2 rings (SSSR count). The monoisotopic (exact) mass is 446 g/mol. The number of amides is 1. The summed E-state index contributed by atoms with van der Waals surface area (Å²) in [4.78, 5) is 13.2. The average molecular weight is 447 g/mol. The van der Waals surface area contributed by atoms with Crippen molar-refractivity contribution in [2.75, 3.05) is 17.7 Å². The Labute approximate surface area is 186 Å². The third-order valence-electron chi connectivity index (χ3n) is 5.23. The molecule has 0 spiro atoms. The molecule has 0 fully saturated rings. The van der Waals surface area contributed by atoms with Gasteiger partial charge in [-0.15, -0.1) is 0 Å². The first kappa shape index (κ1) is 24.7. The Balaban J connectivity index is 2.30. The number of sulfonamides is 1. The molecular formula is C24H34N2O4S. The van der Waals surface area contributed by atoms with Gasteiger partial charge in [-0.1, -0.05) is 45.0 Å². The highest BCUT2D eigenvalue weighted by Gasteiger charge is 2.30. The number of ether oxygens (including phenoxy) is 1. The lowest BCUT2D eigenvalue weighted by Crippen LogP contribution is -2.48. The first-order valence-corrected chi connectivity index (χ1v) is 12.4. The lowest BCUT2D eigenvalue weighted by Gasteiger charge is -2.30. The summed E-state index contributed by atoms with van der Waals surface area (Å²) in [6.07, 6.45) is 2.71. The number of carbonyl (C=O) groups excluding carboxylic acids is 1. The number of benzene rings is 2. The van der Waals surface area contributed by atoms with E-state index in [9.17, 15) is 13.2 Å². The van der Waals surface area contributed by atoms with E-state index in [0.29, 0.717) is 11.6 Å². The summed E-state index contributed by atoms with van der Waals surface area (Å²) in [5.74, 6) is 0.743. The van der Waals surface area contributed by atoms with E-state index in [0.717, 1.165) is 36.0 Å². The third-order valence-corrected chi connectivity index (χ3v) is 6.47. The van der Waals surface area contributed by atoms with E-state index in [2.05, 4.69) is 19.2 Å². The highest BCUT2D eigenvalue weighted by atomic mass is 32.2. The highest BCUT2D eigenvalue weighted by molar-refractivity contribution is 7.92. The van der Waals surface area contributed by atoms with Crippen molar-refractivity contribution in [3.63, 3.8) is 0 Å². The molecule has 2 atom stereocenters. The molecule has 0 radical (unpaired) electrons. The van der Waals surface area contributed by atoms with Crippen molar-refractivity contribution in [2.45, 2.75) is 52.6 Å². The van der Waals surface area contributed by atoms with Crippen LogP contribution in [0.25, 0.3) is 0 Å². The summed E-state index contributed by atoms with van der Waals surface area (Å²) in [5.41, 5.74) is 2.53. The molecule has 0 aromatic heterocycles. The van der Waals surface area contributed by atoms with Crippen molar-refractivity contribution in [1.82, 2.24) is 5.32 Å². The normalized spacial score (nSPS) is 13.5. The predicted molar refractivity (Wildman–Crippen MR) is 126 cm³/mol. The van der Waals surface area contributed by atoms with E-state index >= 15 is 0 Å². The molecule has 31 heavy (non-hydrogen) atoms. The molecule has 1 amide bonds. The van der Waals surface area contributed by atoms with Crippen LogP contribution in [0.15, 0.2) is 48.5 Å². The molecule has 0 aliphatic rings. The molecule has 0 saturated carbocycles. The van der Waals surface area contributed by atoms with Crippen LogP contribution in [0, 0.1) is 5.92 Å². The van der Waals surface area contributed by atoms with E-state index in [1.165, 1.54) is 4.31 Å². The Morgan fingerprint density at radius 2 is 1.61 bits per heavy atom. The predicted octanol–water partition coefficient (Wildman–Crippen LogP) is 4.32. The van der Waals surface area contributed by atoms with Crippen LogP contribution in [0.5, 0.6) is 5.75 Å². The van der Waals surface area contributed by atoms with Crippen LogP contribution in [0.2, 0.25) is 0 Å². The molecule has 0 aliphatic carbocycles. The molecule has 0 heterocycles. The van der Waals surface area contributed by atoms with Gasteiger partial charge in [0.25, 0.3) is 0 Å². The summed E-state index contributed by atoms with van der Waals surface area (Å²) in [6, 6.07) is 13.7. The Morgan fingerprint density at radius 3 is 2.06 bits per heavy atom. The van der Waals surface area contributed by atoms with Crippen LogP contribution in [0.1, 0.15) is 51.3 Å². The maximum absolute atomic E-state index is 13.2. The molecule has 0 unspecified atom stereocenters. The lowest BCUT2D eigenvalue weighted by molar-refractivity contribution is -0.122. The average Bonchev–Trinajstić information content (AvgIpc) is 2.72. The first-order valence-electron chi connectivity index (χ1n) is 10.6. The molecule has 0 saturated heterocycles. The number of aryl methyl sites for hydroxylation is 1. The van der Waals surface area contributed by atoms with Gasteiger partial charge < -0.3 is 10.1 Å². The van der Waals surface area contributed by atoms with Crippen molar-refractivity contribution >= 4 is 21.6 Å². The lowest BCUT2D eigenvalue weighted by atomic mass is 9.96. The number of nitrogens with one attached hydrogen (secondary N) is 1. The van der Waals surface area contributed by atoms with Gasteiger partial charge in [0.1, 0.15) is 11.8 Å². The minimum atomic E-state index is -3.66. The summed E-state index contributed by atoms with van der Waals surface area (Å²) >= 11 is 0. The van der Waals surface area contributed by atoms with E-state index in [1.807, 2.05) is 43.3 Å². The number of carbonyl (C=O) groups is 1. The van der Waals surface area contributed by atoms with E-state index in [-0.39, 0.29) is 11.9 Å². The summed E-state index contributed by atoms with van der Waals surface area (Å²) in [5, 5.41) is 3.06. The molecule has 7 heteroatoms. The molecule has 2 aromatic carbocycles. The van der Waals surface area contributed by atoms with Gasteiger partial charge >= 0.3 is 0 Å². The molecule has 1 N–H and O–H groups in total. The largest absolute Gasteiger partial charge is 0.497 e. The smallest absolute Gasteiger partial charge is 0.244 e. The van der Waals surface area contributed by atoms with Crippen molar-refractivity contribution in [1.29, 1.82) is 0 Å². The number of methoxy groups -OCH3 is 1. The van der Waals surface area contributed by atoms with Crippen molar-refractivity contribution < 1.29 is 17.9 Å². The van der Waals surface area contributed by atoms with Gasteiger partial charge in [-0.3, -0.25) is 9.10 Å². The Kier molecular flexibility index (Phi) is 8.51. The number of hydrogen-bond acceptors (Lipinski definition) is 4. The van der Waals surface area contributed by atoms with Gasteiger partial charge in [-0.25, -0.2) is 8.42 Å². The van der Waals surface area contributed by atoms with Gasteiger partial charge in [0.15, 0.2) is 0 Å². The van der Waals surface area contributed by atoms with Gasteiger partial charge in [0.05, 0.1) is 25.1 Å². The van der Waals surface area contributed by atoms with Crippen molar-refractivity contribution in [3.05, 3.63) is 59.7 Å². The quantitative estimate of drug-likeness (QED) is 0.590. The van der Waals surface area contributed by atoms with E-state index in [1.54, 1.807) is 26.2 Å². The number of anilines is 1.